The fourth-order valence-electron chi connectivity index (χ4n) is 4.21. The Hall–Kier alpha value is -2.39. The maximum Gasteiger partial charge on any atom is 0.322 e. The number of hydrogen-bond acceptors (Lipinski definition) is 5. The van der Waals surface area contributed by atoms with E-state index in [9.17, 15) is 18.8 Å². The predicted octanol–water partition coefficient (Wildman–Crippen LogP) is 1.77. The van der Waals surface area contributed by atoms with Crippen LogP contribution in [0.3, 0.4) is 0 Å². The van der Waals surface area contributed by atoms with E-state index < -0.39 is 29.2 Å². The summed E-state index contributed by atoms with van der Waals surface area (Å²) >= 11 is 5.90. The highest BCUT2D eigenvalue weighted by atomic mass is 35.5. The molecule has 2 aliphatic rings. The van der Waals surface area contributed by atoms with Crippen molar-refractivity contribution in [3.63, 3.8) is 0 Å². The number of anilines is 1. The van der Waals surface area contributed by atoms with Crippen molar-refractivity contribution in [3.05, 3.63) is 29.0 Å². The van der Waals surface area contributed by atoms with E-state index in [1.807, 2.05) is 6.92 Å². The van der Waals surface area contributed by atoms with Crippen molar-refractivity contribution in [3.8, 4) is 0 Å². The van der Waals surface area contributed by atoms with Gasteiger partial charge in [0.05, 0.1) is 11.6 Å². The van der Waals surface area contributed by atoms with Gasteiger partial charge in [0.2, 0.25) is 5.91 Å². The highest BCUT2D eigenvalue weighted by molar-refractivity contribution is 6.31. The average Bonchev–Trinajstić information content (AvgIpc) is 2.96. The Morgan fingerprint density at radius 3 is 2.70 bits per heavy atom. The van der Waals surface area contributed by atoms with Crippen LogP contribution in [0.25, 0.3) is 0 Å². The first kappa shape index (κ1) is 22.3. The lowest BCUT2D eigenvalue weighted by Crippen LogP contribution is -2.57. The second-order valence-corrected chi connectivity index (χ2v) is 8.36. The van der Waals surface area contributed by atoms with Gasteiger partial charge in [0.1, 0.15) is 11.4 Å². The predicted molar refractivity (Wildman–Crippen MR) is 110 cm³/mol. The number of hydrogen-bond donors (Lipinski definition) is 2. The molecule has 3 atom stereocenters. The molecule has 2 N–H and O–H groups in total. The summed E-state index contributed by atoms with van der Waals surface area (Å²) in [5.74, 6) is -1.55. The van der Waals surface area contributed by atoms with E-state index in [1.54, 1.807) is 24.0 Å². The number of benzene rings is 1. The van der Waals surface area contributed by atoms with Crippen LogP contribution >= 0.6 is 11.6 Å². The number of urea groups is 1. The molecule has 1 aromatic rings. The van der Waals surface area contributed by atoms with E-state index in [0.29, 0.717) is 19.6 Å². The van der Waals surface area contributed by atoms with Gasteiger partial charge in [-0.1, -0.05) is 18.5 Å². The van der Waals surface area contributed by atoms with E-state index in [1.165, 1.54) is 13.2 Å². The average molecular weight is 441 g/mol. The lowest BCUT2D eigenvalue weighted by atomic mass is 9.87. The number of imide groups is 1. The summed E-state index contributed by atoms with van der Waals surface area (Å²) in [5, 5.41) is 4.89. The molecule has 0 spiro atoms. The number of rotatable bonds is 6. The van der Waals surface area contributed by atoms with Gasteiger partial charge >= 0.3 is 6.03 Å². The fraction of sp³-hybridized carbons (Fsp3) is 0.550. The monoisotopic (exact) mass is 440 g/mol. The number of ether oxygens (including phenoxy) is 1. The van der Waals surface area contributed by atoms with Gasteiger partial charge < -0.3 is 19.9 Å². The third-order valence-electron chi connectivity index (χ3n) is 5.66. The van der Waals surface area contributed by atoms with Crippen molar-refractivity contribution >= 4 is 35.1 Å². The molecule has 10 heteroatoms. The summed E-state index contributed by atoms with van der Waals surface area (Å²) in [6, 6.07) is 4.01. The van der Waals surface area contributed by atoms with Gasteiger partial charge in [-0.3, -0.25) is 14.9 Å². The summed E-state index contributed by atoms with van der Waals surface area (Å²) in [7, 11) is 1.44. The summed E-state index contributed by atoms with van der Waals surface area (Å²) in [6.45, 7) is 5.25. The quantitative estimate of drug-likeness (QED) is 0.658. The largest absolute Gasteiger partial charge is 0.382 e. The third kappa shape index (κ3) is 4.37. The van der Waals surface area contributed by atoms with Crippen LogP contribution < -0.4 is 15.5 Å². The molecule has 2 fully saturated rings. The first-order valence-corrected chi connectivity index (χ1v) is 10.2. The van der Waals surface area contributed by atoms with Crippen LogP contribution in [0.15, 0.2) is 18.2 Å². The second-order valence-electron chi connectivity index (χ2n) is 7.95. The van der Waals surface area contributed by atoms with Crippen LogP contribution in [-0.2, 0) is 14.3 Å². The van der Waals surface area contributed by atoms with Crippen molar-refractivity contribution in [2.24, 2.45) is 5.92 Å². The fourth-order valence-corrected chi connectivity index (χ4v) is 4.38. The topological polar surface area (TPSA) is 91.0 Å². The Labute approximate surface area is 179 Å². The SMILES string of the molecule is COCC1(CC(C)C(=O)N2CCN(c3ccc(F)c(Cl)c3)C(C)C2)NC(=O)NC1=O. The van der Waals surface area contributed by atoms with E-state index in [2.05, 4.69) is 15.5 Å². The number of halogens is 2. The minimum absolute atomic E-state index is 0.00107. The number of amides is 4. The highest BCUT2D eigenvalue weighted by Crippen LogP contribution is 2.28. The zero-order valence-corrected chi connectivity index (χ0v) is 18.0. The Morgan fingerprint density at radius 2 is 2.13 bits per heavy atom. The summed E-state index contributed by atoms with van der Waals surface area (Å²) in [6.07, 6.45) is 0.138. The molecule has 164 valence electrons. The number of nitrogens with one attached hydrogen (secondary N) is 2. The smallest absolute Gasteiger partial charge is 0.322 e. The molecular weight excluding hydrogens is 415 g/mol. The minimum atomic E-state index is -1.25. The van der Waals surface area contributed by atoms with Crippen LogP contribution in [0.2, 0.25) is 5.02 Å². The van der Waals surface area contributed by atoms with Gasteiger partial charge in [-0.2, -0.15) is 0 Å². The van der Waals surface area contributed by atoms with Crippen LogP contribution in [0.4, 0.5) is 14.9 Å². The molecule has 2 saturated heterocycles. The van der Waals surface area contributed by atoms with Crippen molar-refractivity contribution in [2.45, 2.75) is 31.8 Å². The summed E-state index contributed by atoms with van der Waals surface area (Å²) in [4.78, 5) is 40.8. The van der Waals surface area contributed by atoms with E-state index >= 15 is 0 Å². The molecule has 4 amide bonds. The molecular formula is C20H26ClFN4O4. The molecule has 3 rings (SSSR count). The Balaban J connectivity index is 1.65. The van der Waals surface area contributed by atoms with Gasteiger partial charge in [0.25, 0.3) is 5.91 Å². The molecule has 0 saturated carbocycles. The maximum absolute atomic E-state index is 13.5. The molecule has 0 radical (unpaired) electrons. The Bertz CT molecular complexity index is 854. The van der Waals surface area contributed by atoms with Crippen LogP contribution in [0.1, 0.15) is 20.3 Å². The van der Waals surface area contributed by atoms with Gasteiger partial charge in [-0.25, -0.2) is 9.18 Å². The van der Waals surface area contributed by atoms with Crippen molar-refractivity contribution in [1.29, 1.82) is 0 Å². The minimum Gasteiger partial charge on any atom is -0.382 e. The standard InChI is InChI=1S/C20H26ClFN4O4/c1-12(9-20(11-30-3)18(28)23-19(29)24-20)17(27)25-6-7-26(13(2)10-25)14-4-5-16(22)15(21)8-14/h4-5,8,12-13H,6-7,9-11H2,1-3H3,(H2,23,24,28,29). The van der Waals surface area contributed by atoms with Gasteiger partial charge in [-0.05, 0) is 31.5 Å². The number of carbonyl (C=O) groups excluding carboxylic acids is 3. The molecule has 2 heterocycles. The second kappa shape index (κ2) is 8.77. The lowest BCUT2D eigenvalue weighted by molar-refractivity contribution is -0.137. The molecule has 1 aromatic carbocycles. The summed E-state index contributed by atoms with van der Waals surface area (Å²) < 4.78 is 18.6. The van der Waals surface area contributed by atoms with Crippen molar-refractivity contribution < 1.29 is 23.5 Å². The lowest BCUT2D eigenvalue weighted by Gasteiger charge is -2.42. The molecule has 30 heavy (non-hydrogen) atoms. The highest BCUT2D eigenvalue weighted by Gasteiger charge is 2.48. The van der Waals surface area contributed by atoms with Crippen LogP contribution in [0, 0.1) is 11.7 Å². The Kier molecular flexibility index (Phi) is 6.52. The summed E-state index contributed by atoms with van der Waals surface area (Å²) in [5.41, 5.74) is -0.447. The normalized spacial score (nSPS) is 25.2. The molecule has 0 bridgehead atoms. The zero-order chi connectivity index (χ0) is 22.1. The van der Waals surface area contributed by atoms with E-state index in [0.717, 1.165) is 5.69 Å². The number of methoxy groups -OCH3 is 1. The number of carbonyl (C=O) groups is 3. The zero-order valence-electron chi connectivity index (χ0n) is 17.2. The molecule has 0 aliphatic carbocycles. The van der Waals surface area contributed by atoms with Crippen molar-refractivity contribution in [2.75, 3.05) is 38.3 Å². The maximum atomic E-state index is 13.5. The molecule has 0 aromatic heterocycles. The molecule has 8 nitrogen and oxygen atoms in total. The Morgan fingerprint density at radius 1 is 1.40 bits per heavy atom. The number of nitrogens with zero attached hydrogens (tertiary/aromatic N) is 2. The van der Waals surface area contributed by atoms with Crippen molar-refractivity contribution in [1.82, 2.24) is 15.5 Å². The first-order chi connectivity index (χ1) is 14.2. The first-order valence-electron chi connectivity index (χ1n) is 9.80. The van der Waals surface area contributed by atoms with Gasteiger partial charge in [0.15, 0.2) is 0 Å². The van der Waals surface area contributed by atoms with Gasteiger partial charge in [0, 0.05) is 44.4 Å². The van der Waals surface area contributed by atoms with Crippen LogP contribution in [-0.4, -0.2) is 67.7 Å². The van der Waals surface area contributed by atoms with Crippen LogP contribution in [0.5, 0.6) is 0 Å². The number of piperazine rings is 1. The van der Waals surface area contributed by atoms with E-state index in [-0.39, 0.29) is 30.0 Å². The molecule has 2 aliphatic heterocycles. The van der Waals surface area contributed by atoms with Gasteiger partial charge in [-0.15, -0.1) is 0 Å². The third-order valence-corrected chi connectivity index (χ3v) is 5.95. The molecule has 3 unspecified atom stereocenters. The van der Waals surface area contributed by atoms with E-state index in [4.69, 9.17) is 16.3 Å².